The van der Waals surface area contributed by atoms with E-state index in [0.29, 0.717) is 29.6 Å². The summed E-state index contributed by atoms with van der Waals surface area (Å²) in [5, 5.41) is 3.20. The normalized spacial score (nSPS) is 23.3. The maximum atomic E-state index is 12.5. The Morgan fingerprint density at radius 3 is 2.63 bits per heavy atom. The molecule has 1 fully saturated rings. The van der Waals surface area contributed by atoms with Crippen LogP contribution in [-0.4, -0.2) is 48.1 Å². The van der Waals surface area contributed by atoms with E-state index in [-0.39, 0.29) is 18.1 Å². The maximum absolute atomic E-state index is 12.5. The van der Waals surface area contributed by atoms with Gasteiger partial charge in [-0.15, -0.1) is 0 Å². The second-order valence-corrected chi connectivity index (χ2v) is 5.17. The Labute approximate surface area is 117 Å². The summed E-state index contributed by atoms with van der Waals surface area (Å²) in [6, 6.07) is 3.30. The molecule has 0 bridgehead atoms. The average molecular weight is 284 g/mol. The Morgan fingerprint density at radius 1 is 1.42 bits per heavy atom. The lowest BCUT2D eigenvalue weighted by Crippen LogP contribution is -2.48. The molecule has 1 aliphatic heterocycles. The molecule has 19 heavy (non-hydrogen) atoms. The van der Waals surface area contributed by atoms with E-state index in [9.17, 15) is 4.79 Å². The maximum Gasteiger partial charge on any atom is 0.254 e. The van der Waals surface area contributed by atoms with Gasteiger partial charge in [-0.1, -0.05) is 11.6 Å². The Kier molecular flexibility index (Phi) is 4.27. The number of hydrogen-bond donors (Lipinski definition) is 1. The fourth-order valence-electron chi connectivity index (χ4n) is 2.27. The van der Waals surface area contributed by atoms with Crippen LogP contribution in [0.4, 0.5) is 5.82 Å². The highest BCUT2D eigenvalue weighted by atomic mass is 35.5. The molecule has 2 rings (SSSR count). The molecule has 1 aromatic rings. The minimum atomic E-state index is -0.0391. The van der Waals surface area contributed by atoms with Gasteiger partial charge in [-0.3, -0.25) is 4.79 Å². The number of anilines is 1. The van der Waals surface area contributed by atoms with E-state index in [4.69, 9.17) is 16.3 Å². The number of pyridine rings is 1. The Balaban J connectivity index is 2.21. The molecule has 0 radical (unpaired) electrons. The van der Waals surface area contributed by atoms with Crippen molar-refractivity contribution in [1.82, 2.24) is 9.88 Å². The fourth-order valence-corrected chi connectivity index (χ4v) is 2.48. The summed E-state index contributed by atoms with van der Waals surface area (Å²) in [5.41, 5.74) is 0.547. The number of amides is 1. The lowest BCUT2D eigenvalue weighted by Gasteiger charge is -2.35. The van der Waals surface area contributed by atoms with Crippen LogP contribution in [0.3, 0.4) is 0 Å². The topological polar surface area (TPSA) is 54.5 Å². The van der Waals surface area contributed by atoms with Crippen LogP contribution >= 0.6 is 11.6 Å². The van der Waals surface area contributed by atoms with Crippen molar-refractivity contribution in [2.45, 2.75) is 26.1 Å². The zero-order chi connectivity index (χ0) is 14.0. The van der Waals surface area contributed by atoms with E-state index < -0.39 is 0 Å². The molecule has 5 nitrogen and oxygen atoms in total. The highest BCUT2D eigenvalue weighted by molar-refractivity contribution is 6.29. The number of rotatable bonds is 2. The first kappa shape index (κ1) is 14.1. The van der Waals surface area contributed by atoms with Crippen LogP contribution < -0.4 is 5.32 Å². The number of carbonyl (C=O) groups excluding carboxylic acids is 1. The number of hydrogen-bond acceptors (Lipinski definition) is 4. The van der Waals surface area contributed by atoms with Gasteiger partial charge in [-0.25, -0.2) is 4.98 Å². The number of nitrogens with one attached hydrogen (secondary N) is 1. The van der Waals surface area contributed by atoms with Crippen LogP contribution in [0.2, 0.25) is 5.15 Å². The molecule has 104 valence electrons. The van der Waals surface area contributed by atoms with Crippen molar-refractivity contribution >= 4 is 23.3 Å². The second-order valence-electron chi connectivity index (χ2n) is 4.78. The monoisotopic (exact) mass is 283 g/mol. The van der Waals surface area contributed by atoms with Crippen molar-refractivity contribution < 1.29 is 9.53 Å². The van der Waals surface area contributed by atoms with Gasteiger partial charge < -0.3 is 15.0 Å². The summed E-state index contributed by atoms with van der Waals surface area (Å²) in [6.07, 6.45) is 0.0996. The van der Waals surface area contributed by atoms with E-state index >= 15 is 0 Å². The third-order valence-electron chi connectivity index (χ3n) is 3.00. The summed E-state index contributed by atoms with van der Waals surface area (Å²) in [5.74, 6) is 0.549. The largest absolute Gasteiger partial charge is 0.373 e. The van der Waals surface area contributed by atoms with E-state index in [1.165, 1.54) is 0 Å². The summed E-state index contributed by atoms with van der Waals surface area (Å²) in [7, 11) is 1.74. The van der Waals surface area contributed by atoms with Gasteiger partial charge in [0.05, 0.1) is 12.2 Å². The van der Waals surface area contributed by atoms with Crippen LogP contribution in [0.15, 0.2) is 12.1 Å². The molecule has 0 aliphatic carbocycles. The molecule has 0 aromatic carbocycles. The molecule has 2 unspecified atom stereocenters. The number of aromatic nitrogens is 1. The first-order valence-electron chi connectivity index (χ1n) is 6.29. The van der Waals surface area contributed by atoms with Crippen LogP contribution in [0.25, 0.3) is 0 Å². The highest BCUT2D eigenvalue weighted by Gasteiger charge is 2.27. The average Bonchev–Trinajstić information content (AvgIpc) is 2.35. The van der Waals surface area contributed by atoms with Crippen LogP contribution in [-0.2, 0) is 4.74 Å². The van der Waals surface area contributed by atoms with Crippen molar-refractivity contribution in [3.63, 3.8) is 0 Å². The lowest BCUT2D eigenvalue weighted by atomic mass is 10.1. The van der Waals surface area contributed by atoms with E-state index in [0.717, 1.165) is 0 Å². The summed E-state index contributed by atoms with van der Waals surface area (Å²) in [4.78, 5) is 18.3. The number of morpholine rings is 1. The van der Waals surface area contributed by atoms with Crippen LogP contribution in [0.5, 0.6) is 0 Å². The van der Waals surface area contributed by atoms with Gasteiger partial charge in [0.2, 0.25) is 0 Å². The first-order chi connectivity index (χ1) is 8.99. The van der Waals surface area contributed by atoms with E-state index in [2.05, 4.69) is 10.3 Å². The van der Waals surface area contributed by atoms with Crippen molar-refractivity contribution in [1.29, 1.82) is 0 Å². The summed E-state index contributed by atoms with van der Waals surface area (Å²) >= 11 is 5.92. The third-order valence-corrected chi connectivity index (χ3v) is 3.20. The second kappa shape index (κ2) is 5.75. The standard InChI is InChI=1S/C13H18ClN3O2/c1-8-6-17(7-9(2)19-8)13(18)10-4-11(14)16-12(5-10)15-3/h4-5,8-9H,6-7H2,1-3H3,(H,15,16). The number of ether oxygens (including phenoxy) is 1. The number of nitrogens with zero attached hydrogens (tertiary/aromatic N) is 2. The zero-order valence-electron chi connectivity index (χ0n) is 11.3. The van der Waals surface area contributed by atoms with Gasteiger partial charge in [-0.05, 0) is 26.0 Å². The van der Waals surface area contributed by atoms with E-state index in [1.54, 1.807) is 24.1 Å². The van der Waals surface area contributed by atoms with Gasteiger partial charge in [-0.2, -0.15) is 0 Å². The van der Waals surface area contributed by atoms with Gasteiger partial charge >= 0.3 is 0 Å². The fraction of sp³-hybridized carbons (Fsp3) is 0.538. The van der Waals surface area contributed by atoms with Gasteiger partial charge in [0.15, 0.2) is 0 Å². The summed E-state index contributed by atoms with van der Waals surface area (Å²) < 4.78 is 5.63. The Bertz CT molecular complexity index is 471. The van der Waals surface area contributed by atoms with Gasteiger partial charge in [0.25, 0.3) is 5.91 Å². The molecule has 6 heteroatoms. The van der Waals surface area contributed by atoms with Gasteiger partial charge in [0.1, 0.15) is 11.0 Å². The summed E-state index contributed by atoms with van der Waals surface area (Å²) in [6.45, 7) is 5.12. The molecule has 1 N–H and O–H groups in total. The Morgan fingerprint density at radius 2 is 2.05 bits per heavy atom. The molecular formula is C13H18ClN3O2. The number of carbonyl (C=O) groups is 1. The molecule has 1 aromatic heterocycles. The molecule has 2 atom stereocenters. The molecular weight excluding hydrogens is 266 g/mol. The van der Waals surface area contributed by atoms with Crippen molar-refractivity contribution in [2.75, 3.05) is 25.5 Å². The smallest absolute Gasteiger partial charge is 0.254 e. The zero-order valence-corrected chi connectivity index (χ0v) is 12.1. The van der Waals surface area contributed by atoms with Gasteiger partial charge in [0, 0.05) is 25.7 Å². The quantitative estimate of drug-likeness (QED) is 0.844. The molecule has 1 saturated heterocycles. The third kappa shape index (κ3) is 3.36. The minimum absolute atomic E-state index is 0.0391. The molecule has 2 heterocycles. The van der Waals surface area contributed by atoms with Crippen molar-refractivity contribution in [3.05, 3.63) is 22.8 Å². The van der Waals surface area contributed by atoms with Crippen LogP contribution in [0, 0.1) is 0 Å². The number of halogens is 1. The predicted octanol–water partition coefficient (Wildman–Crippen LogP) is 2.03. The molecule has 0 saturated carbocycles. The SMILES string of the molecule is CNc1cc(C(=O)N2CC(C)OC(C)C2)cc(Cl)n1. The van der Waals surface area contributed by atoms with Crippen molar-refractivity contribution in [2.24, 2.45) is 0 Å². The van der Waals surface area contributed by atoms with E-state index in [1.807, 2.05) is 13.8 Å². The Hall–Kier alpha value is -1.33. The van der Waals surface area contributed by atoms with Crippen molar-refractivity contribution in [3.8, 4) is 0 Å². The first-order valence-corrected chi connectivity index (χ1v) is 6.67. The lowest BCUT2D eigenvalue weighted by molar-refractivity contribution is -0.0586. The van der Waals surface area contributed by atoms with Crippen LogP contribution in [0.1, 0.15) is 24.2 Å². The molecule has 1 amide bonds. The molecule has 1 aliphatic rings. The highest BCUT2D eigenvalue weighted by Crippen LogP contribution is 2.18. The minimum Gasteiger partial charge on any atom is -0.373 e. The molecule has 0 spiro atoms. The predicted molar refractivity (Wildman–Crippen MR) is 74.7 cm³/mol.